The number of aromatic nitrogens is 2. The molecule has 1 atom stereocenters. The number of H-pyrrole nitrogens is 1. The fourth-order valence-electron chi connectivity index (χ4n) is 2.36. The summed E-state index contributed by atoms with van der Waals surface area (Å²) in [7, 11) is 0. The highest BCUT2D eigenvalue weighted by molar-refractivity contribution is 5.84. The van der Waals surface area contributed by atoms with E-state index in [0.717, 1.165) is 22.0 Å². The van der Waals surface area contributed by atoms with E-state index in [1.165, 1.54) is 0 Å². The van der Waals surface area contributed by atoms with Gasteiger partial charge in [-0.15, -0.1) is 0 Å². The Morgan fingerprint density at radius 3 is 2.87 bits per heavy atom. The molecule has 0 aliphatic rings. The molecule has 0 spiro atoms. The fourth-order valence-corrected chi connectivity index (χ4v) is 2.36. The van der Waals surface area contributed by atoms with Gasteiger partial charge in [0.2, 0.25) is 5.88 Å². The minimum Gasteiger partial charge on any atom is -0.480 e. The maximum absolute atomic E-state index is 10.9. The first-order valence-corrected chi connectivity index (χ1v) is 7.24. The number of aliphatic carboxylic acids is 1. The molecule has 23 heavy (non-hydrogen) atoms. The van der Waals surface area contributed by atoms with Gasteiger partial charge in [0.15, 0.2) is 0 Å². The number of benzene rings is 1. The Morgan fingerprint density at radius 2 is 2.13 bits per heavy atom. The minimum absolute atomic E-state index is 0.247. The van der Waals surface area contributed by atoms with E-state index >= 15 is 0 Å². The van der Waals surface area contributed by atoms with Gasteiger partial charge in [-0.3, -0.25) is 4.79 Å². The maximum atomic E-state index is 10.9. The van der Waals surface area contributed by atoms with Crippen LogP contribution in [0.2, 0.25) is 0 Å². The molecule has 0 aliphatic carbocycles. The van der Waals surface area contributed by atoms with Gasteiger partial charge in [-0.05, 0) is 11.1 Å². The van der Waals surface area contributed by atoms with Crippen molar-refractivity contribution in [2.24, 2.45) is 5.73 Å². The van der Waals surface area contributed by atoms with Gasteiger partial charge in [0.1, 0.15) is 12.6 Å². The number of fused-ring (bicyclic) bond motifs is 1. The number of carboxylic acids is 1. The lowest BCUT2D eigenvalue weighted by Gasteiger charge is -2.07. The number of aromatic amines is 1. The Bertz CT molecular complexity index is 814. The highest BCUT2D eigenvalue weighted by atomic mass is 16.5. The normalized spacial score (nSPS) is 12.2. The highest BCUT2D eigenvalue weighted by Crippen LogP contribution is 2.23. The second-order valence-corrected chi connectivity index (χ2v) is 5.31. The molecule has 0 radical (unpaired) electrons. The number of ether oxygens (including phenoxy) is 1. The molecule has 6 nitrogen and oxygen atoms in total. The van der Waals surface area contributed by atoms with Crippen LogP contribution in [0.15, 0.2) is 48.8 Å². The third-order valence-electron chi connectivity index (χ3n) is 3.61. The van der Waals surface area contributed by atoms with E-state index in [1.54, 1.807) is 18.5 Å². The summed E-state index contributed by atoms with van der Waals surface area (Å²) >= 11 is 0. The third kappa shape index (κ3) is 3.49. The number of pyridine rings is 1. The monoisotopic (exact) mass is 311 g/mol. The third-order valence-corrected chi connectivity index (χ3v) is 3.61. The summed E-state index contributed by atoms with van der Waals surface area (Å²) in [5.74, 6) is -0.528. The lowest BCUT2D eigenvalue weighted by molar-refractivity contribution is -0.138. The molecule has 3 rings (SSSR count). The van der Waals surface area contributed by atoms with Crippen LogP contribution < -0.4 is 10.5 Å². The number of nitrogens with zero attached hydrogens (tertiary/aromatic N) is 1. The lowest BCUT2D eigenvalue weighted by atomic mass is 10.1. The summed E-state index contributed by atoms with van der Waals surface area (Å²) in [6, 6.07) is 10.7. The van der Waals surface area contributed by atoms with Crippen LogP contribution in [0, 0.1) is 0 Å². The van der Waals surface area contributed by atoms with Crippen molar-refractivity contribution in [2.75, 3.05) is 0 Å². The van der Waals surface area contributed by atoms with Gasteiger partial charge in [0.25, 0.3) is 0 Å². The molecular formula is C17H17N3O3. The van der Waals surface area contributed by atoms with E-state index in [-0.39, 0.29) is 6.42 Å². The molecule has 0 fully saturated rings. The number of hydrogen-bond acceptors (Lipinski definition) is 4. The number of nitrogens with one attached hydrogen (secondary N) is 1. The Morgan fingerprint density at radius 1 is 1.35 bits per heavy atom. The zero-order valence-corrected chi connectivity index (χ0v) is 12.4. The van der Waals surface area contributed by atoms with Crippen LogP contribution in [0.5, 0.6) is 5.88 Å². The van der Waals surface area contributed by atoms with Gasteiger partial charge in [0.05, 0.1) is 11.7 Å². The fraction of sp³-hybridized carbons (Fsp3) is 0.176. The molecule has 3 aromatic rings. The van der Waals surface area contributed by atoms with Crippen LogP contribution in [-0.2, 0) is 17.8 Å². The summed E-state index contributed by atoms with van der Waals surface area (Å²) in [5, 5.41) is 9.82. The molecule has 2 aromatic heterocycles. The van der Waals surface area contributed by atoms with Crippen LogP contribution >= 0.6 is 0 Å². The first kappa shape index (κ1) is 15.1. The van der Waals surface area contributed by atoms with Crippen molar-refractivity contribution in [2.45, 2.75) is 19.1 Å². The van der Waals surface area contributed by atoms with Crippen molar-refractivity contribution < 1.29 is 14.6 Å². The molecule has 0 aliphatic heterocycles. The molecule has 1 aromatic carbocycles. The van der Waals surface area contributed by atoms with Gasteiger partial charge >= 0.3 is 5.97 Å². The predicted octanol–water partition coefficient (Wildman–Crippen LogP) is 2.10. The molecule has 0 bridgehead atoms. The van der Waals surface area contributed by atoms with Crippen LogP contribution in [0.4, 0.5) is 0 Å². The van der Waals surface area contributed by atoms with Gasteiger partial charge in [-0.2, -0.15) is 0 Å². The molecule has 2 heterocycles. The summed E-state index contributed by atoms with van der Waals surface area (Å²) in [6.45, 7) is 0.424. The average Bonchev–Trinajstić information content (AvgIpc) is 2.96. The number of carboxylic acid groups (broad SMARTS) is 1. The predicted molar refractivity (Wildman–Crippen MR) is 86.2 cm³/mol. The first-order chi connectivity index (χ1) is 11.1. The van der Waals surface area contributed by atoms with E-state index in [1.807, 2.05) is 30.3 Å². The van der Waals surface area contributed by atoms with Crippen LogP contribution in [0.3, 0.4) is 0 Å². The summed E-state index contributed by atoms with van der Waals surface area (Å²) in [6.07, 6.45) is 3.68. The van der Waals surface area contributed by atoms with Crippen LogP contribution in [0.25, 0.3) is 10.9 Å². The van der Waals surface area contributed by atoms with E-state index < -0.39 is 12.0 Å². The van der Waals surface area contributed by atoms with E-state index in [9.17, 15) is 4.79 Å². The van der Waals surface area contributed by atoms with Gasteiger partial charge in [-0.1, -0.05) is 30.3 Å². The van der Waals surface area contributed by atoms with Crippen molar-refractivity contribution >= 4 is 16.9 Å². The second-order valence-electron chi connectivity index (χ2n) is 5.31. The Hall–Kier alpha value is -2.86. The molecular weight excluding hydrogens is 294 g/mol. The Labute approximate surface area is 132 Å². The smallest absolute Gasteiger partial charge is 0.320 e. The van der Waals surface area contributed by atoms with E-state index in [2.05, 4.69) is 9.97 Å². The number of hydrogen-bond donors (Lipinski definition) is 3. The van der Waals surface area contributed by atoms with Crippen LogP contribution in [-0.4, -0.2) is 27.1 Å². The lowest BCUT2D eigenvalue weighted by Crippen LogP contribution is -2.32. The van der Waals surface area contributed by atoms with Crippen molar-refractivity contribution in [1.29, 1.82) is 0 Å². The van der Waals surface area contributed by atoms with Crippen molar-refractivity contribution in [3.8, 4) is 5.88 Å². The molecule has 4 N–H and O–H groups in total. The van der Waals surface area contributed by atoms with Crippen molar-refractivity contribution in [3.05, 3.63) is 59.9 Å². The second kappa shape index (κ2) is 6.50. The standard InChI is InChI=1S/C17H17N3O3/c18-14(17(21)22)6-12-8-19-15-9-20-16(7-13(12)15)23-10-11-4-2-1-3-5-11/h1-5,7-9,14,19H,6,10,18H2,(H,21,22). The zero-order valence-electron chi connectivity index (χ0n) is 12.4. The van der Waals surface area contributed by atoms with Gasteiger partial charge in [-0.25, -0.2) is 4.98 Å². The maximum Gasteiger partial charge on any atom is 0.320 e. The quantitative estimate of drug-likeness (QED) is 0.647. The topological polar surface area (TPSA) is 101 Å². The minimum atomic E-state index is -1.02. The molecule has 0 amide bonds. The first-order valence-electron chi connectivity index (χ1n) is 7.24. The molecule has 0 saturated heterocycles. The molecule has 0 saturated carbocycles. The summed E-state index contributed by atoms with van der Waals surface area (Å²) < 4.78 is 5.70. The molecule has 1 unspecified atom stereocenters. The Balaban J connectivity index is 1.78. The number of nitrogens with two attached hydrogens (primary N) is 1. The number of rotatable bonds is 6. The van der Waals surface area contributed by atoms with Crippen molar-refractivity contribution in [1.82, 2.24) is 9.97 Å². The average molecular weight is 311 g/mol. The SMILES string of the molecule is NC(Cc1c[nH]c2cnc(OCc3ccccc3)cc12)C(=O)O. The molecule has 6 heteroatoms. The largest absolute Gasteiger partial charge is 0.480 e. The Kier molecular flexibility index (Phi) is 4.25. The zero-order chi connectivity index (χ0) is 16.2. The van der Waals surface area contributed by atoms with E-state index in [4.69, 9.17) is 15.6 Å². The summed E-state index contributed by atoms with van der Waals surface area (Å²) in [4.78, 5) is 18.2. The number of carbonyl (C=O) groups is 1. The van der Waals surface area contributed by atoms with Crippen molar-refractivity contribution in [3.63, 3.8) is 0 Å². The van der Waals surface area contributed by atoms with Gasteiger partial charge < -0.3 is 20.6 Å². The van der Waals surface area contributed by atoms with Gasteiger partial charge in [0, 0.05) is 24.1 Å². The van der Waals surface area contributed by atoms with Crippen LogP contribution in [0.1, 0.15) is 11.1 Å². The van der Waals surface area contributed by atoms with E-state index in [0.29, 0.717) is 12.5 Å². The highest BCUT2D eigenvalue weighted by Gasteiger charge is 2.15. The molecule has 118 valence electrons. The summed E-state index contributed by atoms with van der Waals surface area (Å²) in [5.41, 5.74) is 8.32.